The van der Waals surface area contributed by atoms with Gasteiger partial charge in [-0.15, -0.1) is 0 Å². The van der Waals surface area contributed by atoms with E-state index in [4.69, 9.17) is 4.74 Å². The van der Waals surface area contributed by atoms with Gasteiger partial charge in [0.1, 0.15) is 5.75 Å². The van der Waals surface area contributed by atoms with Gasteiger partial charge in [0.15, 0.2) is 0 Å². The Morgan fingerprint density at radius 2 is 2.00 bits per heavy atom. The lowest BCUT2D eigenvalue weighted by molar-refractivity contribution is 0.207. The zero-order chi connectivity index (χ0) is 14.5. The third-order valence-corrected chi connectivity index (χ3v) is 3.35. The van der Waals surface area contributed by atoms with Crippen molar-refractivity contribution in [2.24, 2.45) is 0 Å². The van der Waals surface area contributed by atoms with Crippen molar-refractivity contribution in [3.8, 4) is 5.75 Å². The smallest absolute Gasteiger partial charge is 0.124 e. The summed E-state index contributed by atoms with van der Waals surface area (Å²) >= 11 is 3.53. The summed E-state index contributed by atoms with van der Waals surface area (Å²) in [6.07, 6.45) is 2.50. The van der Waals surface area contributed by atoms with Crippen LogP contribution in [0.2, 0.25) is 0 Å². The largest absolute Gasteiger partial charge is 0.490 e. The molecule has 108 valence electrons. The molecule has 1 aromatic rings. The average molecular weight is 328 g/mol. The summed E-state index contributed by atoms with van der Waals surface area (Å²) in [5.74, 6) is 0.987. The van der Waals surface area contributed by atoms with E-state index in [1.807, 2.05) is 6.07 Å². The van der Waals surface area contributed by atoms with E-state index in [9.17, 15) is 0 Å². The molecule has 1 N–H and O–H groups in total. The number of ether oxygens (including phenoxy) is 1. The van der Waals surface area contributed by atoms with E-state index in [1.54, 1.807) is 0 Å². The van der Waals surface area contributed by atoms with Gasteiger partial charge in [0, 0.05) is 22.1 Å². The molecule has 0 saturated heterocycles. The molecule has 1 aromatic carbocycles. The molecule has 1 unspecified atom stereocenters. The van der Waals surface area contributed by atoms with Crippen molar-refractivity contribution >= 4 is 15.9 Å². The highest BCUT2D eigenvalue weighted by molar-refractivity contribution is 9.10. The van der Waals surface area contributed by atoms with Crippen LogP contribution >= 0.6 is 15.9 Å². The summed E-state index contributed by atoms with van der Waals surface area (Å²) in [6, 6.07) is 6.22. The lowest BCUT2D eigenvalue weighted by Crippen LogP contribution is -2.35. The molecule has 2 nitrogen and oxygen atoms in total. The van der Waals surface area contributed by atoms with Crippen molar-refractivity contribution in [1.82, 2.24) is 5.32 Å². The lowest BCUT2D eigenvalue weighted by atomic mass is 10.1. The first-order chi connectivity index (χ1) is 8.81. The Hall–Kier alpha value is -0.540. The van der Waals surface area contributed by atoms with Crippen LogP contribution < -0.4 is 10.1 Å². The molecule has 0 fully saturated rings. The number of rotatable bonds is 6. The highest BCUT2D eigenvalue weighted by Gasteiger charge is 2.13. The number of halogens is 1. The Morgan fingerprint density at radius 3 is 2.58 bits per heavy atom. The van der Waals surface area contributed by atoms with E-state index >= 15 is 0 Å². The van der Waals surface area contributed by atoms with Crippen molar-refractivity contribution in [3.63, 3.8) is 0 Å². The molecule has 0 radical (unpaired) electrons. The highest BCUT2D eigenvalue weighted by Crippen LogP contribution is 2.25. The predicted octanol–water partition coefficient (Wildman–Crippen LogP) is 4.90. The Morgan fingerprint density at radius 1 is 1.32 bits per heavy atom. The first kappa shape index (κ1) is 16.5. The summed E-state index contributed by atoms with van der Waals surface area (Å²) in [6.45, 7) is 11.6. The molecule has 0 bridgehead atoms. The highest BCUT2D eigenvalue weighted by atomic mass is 79.9. The van der Waals surface area contributed by atoms with Crippen LogP contribution in [0, 0.1) is 0 Å². The van der Waals surface area contributed by atoms with Crippen LogP contribution in [0.1, 0.15) is 53.0 Å². The van der Waals surface area contributed by atoms with Gasteiger partial charge in [0.05, 0.1) is 6.10 Å². The fourth-order valence-electron chi connectivity index (χ4n) is 1.84. The summed E-state index contributed by atoms with van der Waals surface area (Å²) in [5, 5.41) is 3.51. The fraction of sp³-hybridized carbons (Fsp3) is 0.625. The first-order valence-corrected chi connectivity index (χ1v) is 7.81. The molecule has 0 aliphatic carbocycles. The molecule has 0 spiro atoms. The van der Waals surface area contributed by atoms with Gasteiger partial charge < -0.3 is 10.1 Å². The van der Waals surface area contributed by atoms with Gasteiger partial charge in [0.25, 0.3) is 0 Å². The Kier molecular flexibility index (Phi) is 6.34. The average Bonchev–Trinajstić information content (AvgIpc) is 2.29. The van der Waals surface area contributed by atoms with E-state index in [0.717, 1.165) is 29.6 Å². The topological polar surface area (TPSA) is 21.3 Å². The lowest BCUT2D eigenvalue weighted by Gasteiger charge is -2.23. The monoisotopic (exact) mass is 327 g/mol. The van der Waals surface area contributed by atoms with E-state index in [2.05, 4.69) is 68.0 Å². The van der Waals surface area contributed by atoms with Crippen molar-refractivity contribution in [2.75, 3.05) is 0 Å². The molecule has 0 aliphatic heterocycles. The molecule has 0 amide bonds. The zero-order valence-corrected chi connectivity index (χ0v) is 14.3. The molecule has 19 heavy (non-hydrogen) atoms. The Bertz CT molecular complexity index is 398. The second-order valence-electron chi connectivity index (χ2n) is 6.07. The van der Waals surface area contributed by atoms with Crippen LogP contribution in [0.4, 0.5) is 0 Å². The molecule has 0 aromatic heterocycles. The van der Waals surface area contributed by atoms with Gasteiger partial charge in [0.2, 0.25) is 0 Å². The van der Waals surface area contributed by atoms with Crippen LogP contribution in [0.5, 0.6) is 5.75 Å². The minimum atomic E-state index is 0.106. The van der Waals surface area contributed by atoms with E-state index in [0.29, 0.717) is 0 Å². The maximum absolute atomic E-state index is 6.05. The van der Waals surface area contributed by atoms with Crippen molar-refractivity contribution in [1.29, 1.82) is 0 Å². The number of nitrogens with one attached hydrogen (secondary N) is 1. The Balaban J connectivity index is 2.79. The second-order valence-corrected chi connectivity index (χ2v) is 6.99. The van der Waals surface area contributed by atoms with Gasteiger partial charge in [-0.05, 0) is 52.3 Å². The quantitative estimate of drug-likeness (QED) is 0.801. The summed E-state index contributed by atoms with van der Waals surface area (Å²) in [7, 11) is 0. The summed E-state index contributed by atoms with van der Waals surface area (Å²) < 4.78 is 7.14. The van der Waals surface area contributed by atoms with Crippen LogP contribution in [0.3, 0.4) is 0 Å². The zero-order valence-electron chi connectivity index (χ0n) is 12.7. The maximum atomic E-state index is 6.05. The van der Waals surface area contributed by atoms with Crippen molar-refractivity contribution in [2.45, 2.75) is 65.6 Å². The number of hydrogen-bond donors (Lipinski definition) is 1. The fourth-order valence-corrected chi connectivity index (χ4v) is 2.25. The van der Waals surface area contributed by atoms with Gasteiger partial charge in [-0.2, -0.15) is 0 Å². The molecular formula is C16H26BrNO. The van der Waals surface area contributed by atoms with E-state index in [1.165, 1.54) is 5.56 Å². The van der Waals surface area contributed by atoms with Crippen LogP contribution in [-0.4, -0.2) is 11.6 Å². The maximum Gasteiger partial charge on any atom is 0.124 e. The molecule has 0 saturated carbocycles. The number of hydrogen-bond acceptors (Lipinski definition) is 2. The van der Waals surface area contributed by atoms with Crippen molar-refractivity contribution in [3.05, 3.63) is 28.2 Å². The van der Waals surface area contributed by atoms with E-state index < -0.39 is 0 Å². The molecule has 3 heteroatoms. The summed E-state index contributed by atoms with van der Waals surface area (Å²) in [5.41, 5.74) is 1.31. The molecule has 0 aliphatic rings. The SMILES string of the molecule is CCCC(C)Oc1ccc(Br)cc1CNC(C)(C)C. The molecule has 0 heterocycles. The van der Waals surface area contributed by atoms with Crippen LogP contribution in [0.15, 0.2) is 22.7 Å². The van der Waals surface area contributed by atoms with Crippen molar-refractivity contribution < 1.29 is 4.74 Å². The standard InChI is InChI=1S/C16H26BrNO/c1-6-7-12(2)19-15-9-8-14(17)10-13(15)11-18-16(3,4)5/h8-10,12,18H,6-7,11H2,1-5H3. The van der Waals surface area contributed by atoms with Gasteiger partial charge in [-0.3, -0.25) is 0 Å². The predicted molar refractivity (Wildman–Crippen MR) is 85.7 cm³/mol. The van der Waals surface area contributed by atoms with Gasteiger partial charge >= 0.3 is 0 Å². The van der Waals surface area contributed by atoms with Crippen LogP contribution in [0.25, 0.3) is 0 Å². The first-order valence-electron chi connectivity index (χ1n) is 7.02. The minimum absolute atomic E-state index is 0.106. The molecule has 1 atom stereocenters. The van der Waals surface area contributed by atoms with E-state index in [-0.39, 0.29) is 11.6 Å². The van der Waals surface area contributed by atoms with Gasteiger partial charge in [-0.25, -0.2) is 0 Å². The molecular weight excluding hydrogens is 302 g/mol. The Labute approximate surface area is 126 Å². The minimum Gasteiger partial charge on any atom is -0.490 e. The third kappa shape index (κ3) is 6.44. The second kappa shape index (κ2) is 7.30. The van der Waals surface area contributed by atoms with Crippen LogP contribution in [-0.2, 0) is 6.54 Å². The number of benzene rings is 1. The summed E-state index contributed by atoms with van der Waals surface area (Å²) in [4.78, 5) is 0. The normalized spacial score (nSPS) is 13.4. The van der Waals surface area contributed by atoms with Gasteiger partial charge in [-0.1, -0.05) is 29.3 Å². The molecule has 1 rings (SSSR count). The third-order valence-electron chi connectivity index (χ3n) is 2.86.